The number of hydrogen-bond acceptors (Lipinski definition) is 2. The van der Waals surface area contributed by atoms with Crippen LogP contribution in [0.5, 0.6) is 0 Å². The maximum atomic E-state index is 6.15. The molecule has 3 aromatic carbocycles. The summed E-state index contributed by atoms with van der Waals surface area (Å²) in [6.45, 7) is 2.14. The summed E-state index contributed by atoms with van der Waals surface area (Å²) < 4.78 is 0. The molecule has 4 rings (SSSR count). The summed E-state index contributed by atoms with van der Waals surface area (Å²) in [5.41, 5.74) is 20.7. The van der Waals surface area contributed by atoms with Crippen LogP contribution in [0.1, 0.15) is 22.4 Å². The van der Waals surface area contributed by atoms with Gasteiger partial charge in [0.25, 0.3) is 0 Å². The van der Waals surface area contributed by atoms with E-state index in [1.54, 1.807) is 0 Å². The van der Waals surface area contributed by atoms with E-state index in [0.29, 0.717) is 5.70 Å². The van der Waals surface area contributed by atoms with Gasteiger partial charge >= 0.3 is 0 Å². The molecule has 0 spiro atoms. The van der Waals surface area contributed by atoms with Crippen LogP contribution < -0.4 is 11.5 Å². The van der Waals surface area contributed by atoms with Gasteiger partial charge in [0.1, 0.15) is 0 Å². The molecule has 0 aliphatic heterocycles. The fourth-order valence-electron chi connectivity index (χ4n) is 3.75. The van der Waals surface area contributed by atoms with Crippen molar-refractivity contribution in [2.24, 2.45) is 11.5 Å². The smallest absolute Gasteiger partial charge is 0.0551 e. The van der Waals surface area contributed by atoms with Crippen LogP contribution in [0.4, 0.5) is 0 Å². The second-order valence-electron chi connectivity index (χ2n) is 6.78. The topological polar surface area (TPSA) is 67.8 Å². The Morgan fingerprint density at radius 3 is 2.37 bits per heavy atom. The zero-order valence-electron chi connectivity index (χ0n) is 15.4. The van der Waals surface area contributed by atoms with Crippen molar-refractivity contribution in [3.8, 4) is 11.1 Å². The molecule has 0 fully saturated rings. The number of nitrogens with one attached hydrogen (secondary N) is 1. The third kappa shape index (κ3) is 3.08. The Bertz CT molecular complexity index is 1140. The Morgan fingerprint density at radius 2 is 1.56 bits per heavy atom. The van der Waals surface area contributed by atoms with Gasteiger partial charge in [0.15, 0.2) is 0 Å². The minimum absolute atomic E-state index is 0.587. The van der Waals surface area contributed by atoms with Crippen molar-refractivity contribution in [2.75, 3.05) is 0 Å². The molecule has 1 heterocycles. The van der Waals surface area contributed by atoms with E-state index < -0.39 is 0 Å². The Labute approximate surface area is 159 Å². The van der Waals surface area contributed by atoms with Crippen molar-refractivity contribution in [2.45, 2.75) is 13.3 Å². The average molecular weight is 353 g/mol. The molecule has 0 saturated heterocycles. The molecular weight excluding hydrogens is 330 g/mol. The number of rotatable bonds is 4. The number of para-hydroxylation sites is 1. The van der Waals surface area contributed by atoms with Gasteiger partial charge in [0, 0.05) is 34.8 Å². The third-order valence-electron chi connectivity index (χ3n) is 5.12. The number of aromatic nitrogens is 1. The molecule has 0 bridgehead atoms. The summed E-state index contributed by atoms with van der Waals surface area (Å²) in [5.74, 6) is 0. The first-order chi connectivity index (χ1) is 13.2. The van der Waals surface area contributed by atoms with E-state index in [-0.39, 0.29) is 0 Å². The highest BCUT2D eigenvalue weighted by Crippen LogP contribution is 2.33. The number of fused-ring (bicyclic) bond motifs is 1. The monoisotopic (exact) mass is 353 g/mol. The van der Waals surface area contributed by atoms with Crippen molar-refractivity contribution in [3.63, 3.8) is 0 Å². The Morgan fingerprint density at radius 1 is 0.889 bits per heavy atom. The van der Waals surface area contributed by atoms with Crippen LogP contribution in [0.3, 0.4) is 0 Å². The summed E-state index contributed by atoms with van der Waals surface area (Å²) in [7, 11) is 0. The maximum Gasteiger partial charge on any atom is 0.0551 e. The summed E-state index contributed by atoms with van der Waals surface area (Å²) in [6, 6.07) is 25.1. The molecule has 0 radical (unpaired) electrons. The fourth-order valence-corrected chi connectivity index (χ4v) is 3.75. The molecule has 0 amide bonds. The second kappa shape index (κ2) is 7.04. The molecule has 0 atom stereocenters. The normalized spacial score (nSPS) is 11.8. The lowest BCUT2D eigenvalue weighted by atomic mass is 9.91. The minimum Gasteiger partial charge on any atom is -0.403 e. The van der Waals surface area contributed by atoms with Gasteiger partial charge in [0.05, 0.1) is 5.70 Å². The summed E-state index contributed by atoms with van der Waals surface area (Å²) in [4.78, 5) is 3.50. The van der Waals surface area contributed by atoms with E-state index in [0.717, 1.165) is 17.5 Å². The quantitative estimate of drug-likeness (QED) is 0.486. The number of aromatic amines is 1. The Kier molecular flexibility index (Phi) is 4.43. The van der Waals surface area contributed by atoms with Gasteiger partial charge in [-0.15, -0.1) is 0 Å². The molecule has 0 saturated carbocycles. The van der Waals surface area contributed by atoms with Crippen LogP contribution in [0.15, 0.2) is 79.0 Å². The molecule has 3 nitrogen and oxygen atoms in total. The van der Waals surface area contributed by atoms with E-state index in [4.69, 9.17) is 11.5 Å². The molecule has 0 unspecified atom stereocenters. The van der Waals surface area contributed by atoms with E-state index in [1.165, 1.54) is 39.5 Å². The van der Waals surface area contributed by atoms with E-state index >= 15 is 0 Å². The lowest BCUT2D eigenvalue weighted by Crippen LogP contribution is -2.02. The van der Waals surface area contributed by atoms with Gasteiger partial charge in [-0.05, 0) is 35.2 Å². The first kappa shape index (κ1) is 17.0. The fraction of sp³-hybridized carbons (Fsp3) is 0.0833. The van der Waals surface area contributed by atoms with Crippen molar-refractivity contribution in [1.82, 2.24) is 4.98 Å². The average Bonchev–Trinajstić information content (AvgIpc) is 3.03. The van der Waals surface area contributed by atoms with Gasteiger partial charge in [-0.2, -0.15) is 0 Å². The molecule has 5 N–H and O–H groups in total. The van der Waals surface area contributed by atoms with Crippen LogP contribution in [0.2, 0.25) is 0 Å². The minimum atomic E-state index is 0.587. The van der Waals surface area contributed by atoms with E-state index in [9.17, 15) is 0 Å². The molecule has 3 heteroatoms. The van der Waals surface area contributed by atoms with Crippen molar-refractivity contribution in [1.29, 1.82) is 0 Å². The third-order valence-corrected chi connectivity index (χ3v) is 5.12. The number of benzene rings is 3. The van der Waals surface area contributed by atoms with Gasteiger partial charge in [-0.1, -0.05) is 66.7 Å². The predicted octanol–water partition coefficient (Wildman–Crippen LogP) is 4.95. The van der Waals surface area contributed by atoms with Crippen molar-refractivity contribution < 1.29 is 0 Å². The van der Waals surface area contributed by atoms with Crippen molar-refractivity contribution >= 4 is 16.6 Å². The van der Waals surface area contributed by atoms with Gasteiger partial charge in [-0.25, -0.2) is 0 Å². The summed E-state index contributed by atoms with van der Waals surface area (Å²) >= 11 is 0. The Hall–Kier alpha value is -3.46. The molecule has 27 heavy (non-hydrogen) atoms. The lowest BCUT2D eigenvalue weighted by Gasteiger charge is -2.14. The second-order valence-corrected chi connectivity index (χ2v) is 6.78. The van der Waals surface area contributed by atoms with Crippen LogP contribution in [0.25, 0.3) is 27.7 Å². The number of nitrogens with two attached hydrogens (primary N) is 2. The van der Waals surface area contributed by atoms with Crippen LogP contribution in [0, 0.1) is 6.92 Å². The number of hydrogen-bond donors (Lipinski definition) is 3. The Balaban J connectivity index is 1.85. The molecule has 134 valence electrons. The van der Waals surface area contributed by atoms with Gasteiger partial charge < -0.3 is 16.5 Å². The highest BCUT2D eigenvalue weighted by atomic mass is 14.7. The largest absolute Gasteiger partial charge is 0.403 e. The predicted molar refractivity (Wildman–Crippen MR) is 114 cm³/mol. The summed E-state index contributed by atoms with van der Waals surface area (Å²) in [5, 5.41) is 1.28. The first-order valence-electron chi connectivity index (χ1n) is 9.10. The van der Waals surface area contributed by atoms with Gasteiger partial charge in [-0.3, -0.25) is 0 Å². The molecule has 1 aromatic heterocycles. The highest BCUT2D eigenvalue weighted by molar-refractivity contribution is 5.86. The zero-order chi connectivity index (χ0) is 18.8. The standard InChI is InChI=1S/C24H23N3/c1-16-22(21-12-6-7-13-24(21)27-16)14-17-8-2-3-9-18(17)19-10-4-5-11-20(19)23(26)15-25/h2-13,15,27H,14,25-26H2,1H3/b23-15-. The number of aryl methyl sites for hydroxylation is 1. The zero-order valence-corrected chi connectivity index (χ0v) is 15.4. The lowest BCUT2D eigenvalue weighted by molar-refractivity contribution is 1.15. The van der Waals surface area contributed by atoms with Crippen LogP contribution >= 0.6 is 0 Å². The van der Waals surface area contributed by atoms with Crippen molar-refractivity contribution in [3.05, 3.63) is 101 Å². The van der Waals surface area contributed by atoms with Crippen LogP contribution in [-0.2, 0) is 6.42 Å². The van der Waals surface area contributed by atoms with E-state index in [1.807, 2.05) is 18.2 Å². The van der Waals surface area contributed by atoms with Gasteiger partial charge in [0.2, 0.25) is 0 Å². The highest BCUT2D eigenvalue weighted by Gasteiger charge is 2.14. The van der Waals surface area contributed by atoms with Crippen LogP contribution in [-0.4, -0.2) is 4.98 Å². The number of H-pyrrole nitrogens is 1. The molecule has 4 aromatic rings. The maximum absolute atomic E-state index is 6.15. The van der Waals surface area contributed by atoms with E-state index in [2.05, 4.69) is 66.5 Å². The molecule has 0 aliphatic rings. The molecular formula is C24H23N3. The molecule has 0 aliphatic carbocycles. The summed E-state index contributed by atoms with van der Waals surface area (Å²) in [6.07, 6.45) is 2.32. The first-order valence-corrected chi connectivity index (χ1v) is 9.10. The SMILES string of the molecule is Cc1[nH]c2ccccc2c1Cc1ccccc1-c1ccccc1/C(N)=C/N.